The van der Waals surface area contributed by atoms with Crippen LogP contribution >= 0.6 is 0 Å². The number of ether oxygens (including phenoxy) is 1. The second-order valence-corrected chi connectivity index (χ2v) is 4.14. The molecular formula is C13H20O3. The van der Waals surface area contributed by atoms with E-state index in [4.69, 9.17) is 9.84 Å². The highest BCUT2D eigenvalue weighted by Gasteiger charge is 2.25. The van der Waals surface area contributed by atoms with Gasteiger partial charge >= 0.3 is 5.97 Å². The lowest BCUT2D eigenvalue weighted by Gasteiger charge is -2.25. The first-order valence-electron chi connectivity index (χ1n) is 5.83. The molecule has 1 fully saturated rings. The standard InChI is InChI=1S/C13H20O3/c1-2-10-16-13(15)12-7-5-11(6-8-12)4-3-9-14/h2-4,11-12,14H,1,5-10H2. The molecule has 0 unspecified atom stereocenters. The van der Waals surface area contributed by atoms with E-state index in [-0.39, 0.29) is 18.5 Å². The number of allylic oxidation sites excluding steroid dienone is 1. The van der Waals surface area contributed by atoms with E-state index in [1.807, 2.05) is 6.08 Å². The number of esters is 1. The molecule has 3 nitrogen and oxygen atoms in total. The van der Waals surface area contributed by atoms with E-state index >= 15 is 0 Å². The number of rotatable bonds is 5. The zero-order chi connectivity index (χ0) is 11.8. The monoisotopic (exact) mass is 224 g/mol. The van der Waals surface area contributed by atoms with Crippen LogP contribution in [0.1, 0.15) is 25.7 Å². The van der Waals surface area contributed by atoms with Gasteiger partial charge in [0.2, 0.25) is 0 Å². The minimum atomic E-state index is -0.0931. The largest absolute Gasteiger partial charge is 0.461 e. The first-order chi connectivity index (χ1) is 7.77. The topological polar surface area (TPSA) is 46.5 Å². The number of carbonyl (C=O) groups excluding carboxylic acids is 1. The fourth-order valence-electron chi connectivity index (χ4n) is 2.06. The summed E-state index contributed by atoms with van der Waals surface area (Å²) < 4.78 is 5.03. The van der Waals surface area contributed by atoms with Gasteiger partial charge in [-0.2, -0.15) is 0 Å². The summed E-state index contributed by atoms with van der Waals surface area (Å²) in [5, 5.41) is 8.66. The predicted molar refractivity (Wildman–Crippen MR) is 62.8 cm³/mol. The molecule has 90 valence electrons. The van der Waals surface area contributed by atoms with Gasteiger partial charge in [-0.15, -0.1) is 0 Å². The number of aliphatic hydroxyl groups is 1. The van der Waals surface area contributed by atoms with Crippen molar-refractivity contribution < 1.29 is 14.6 Å². The van der Waals surface area contributed by atoms with E-state index < -0.39 is 0 Å². The van der Waals surface area contributed by atoms with Crippen molar-refractivity contribution in [1.29, 1.82) is 0 Å². The summed E-state index contributed by atoms with van der Waals surface area (Å²) >= 11 is 0. The molecule has 0 aromatic rings. The molecule has 1 N–H and O–H groups in total. The van der Waals surface area contributed by atoms with Crippen LogP contribution in [0, 0.1) is 11.8 Å². The van der Waals surface area contributed by atoms with Gasteiger partial charge in [0.1, 0.15) is 6.61 Å². The van der Waals surface area contributed by atoms with Crippen molar-refractivity contribution in [2.45, 2.75) is 25.7 Å². The van der Waals surface area contributed by atoms with Crippen molar-refractivity contribution in [1.82, 2.24) is 0 Å². The maximum atomic E-state index is 11.5. The highest BCUT2D eigenvalue weighted by Crippen LogP contribution is 2.30. The van der Waals surface area contributed by atoms with Crippen molar-refractivity contribution in [3.8, 4) is 0 Å². The van der Waals surface area contributed by atoms with Gasteiger partial charge in [-0.05, 0) is 31.6 Å². The molecule has 16 heavy (non-hydrogen) atoms. The van der Waals surface area contributed by atoms with Crippen LogP contribution in [0.25, 0.3) is 0 Å². The van der Waals surface area contributed by atoms with E-state index in [1.165, 1.54) is 0 Å². The summed E-state index contributed by atoms with van der Waals surface area (Å²) in [7, 11) is 0. The zero-order valence-corrected chi connectivity index (χ0v) is 9.60. The lowest BCUT2D eigenvalue weighted by Crippen LogP contribution is -2.23. The Morgan fingerprint density at radius 1 is 1.38 bits per heavy atom. The third kappa shape index (κ3) is 4.19. The lowest BCUT2D eigenvalue weighted by atomic mass is 9.82. The summed E-state index contributed by atoms with van der Waals surface area (Å²) in [6.07, 6.45) is 9.20. The molecule has 1 aliphatic carbocycles. The Bertz CT molecular complexity index is 250. The Labute approximate surface area is 96.8 Å². The number of hydrogen-bond acceptors (Lipinski definition) is 3. The van der Waals surface area contributed by atoms with E-state index in [1.54, 1.807) is 12.2 Å². The van der Waals surface area contributed by atoms with Gasteiger partial charge in [0.05, 0.1) is 12.5 Å². The Morgan fingerprint density at radius 2 is 2.06 bits per heavy atom. The number of carbonyl (C=O) groups is 1. The van der Waals surface area contributed by atoms with E-state index in [2.05, 4.69) is 6.58 Å². The fourth-order valence-corrected chi connectivity index (χ4v) is 2.06. The van der Waals surface area contributed by atoms with E-state index in [0.29, 0.717) is 12.5 Å². The van der Waals surface area contributed by atoms with Gasteiger partial charge in [-0.3, -0.25) is 4.79 Å². The second-order valence-electron chi connectivity index (χ2n) is 4.14. The van der Waals surface area contributed by atoms with Gasteiger partial charge < -0.3 is 9.84 Å². The van der Waals surface area contributed by atoms with Gasteiger partial charge in [-0.1, -0.05) is 24.8 Å². The number of aliphatic hydroxyl groups excluding tert-OH is 1. The van der Waals surface area contributed by atoms with Gasteiger partial charge in [0.15, 0.2) is 0 Å². The molecule has 0 atom stereocenters. The maximum absolute atomic E-state index is 11.5. The molecule has 0 heterocycles. The molecule has 1 aliphatic rings. The zero-order valence-electron chi connectivity index (χ0n) is 9.60. The van der Waals surface area contributed by atoms with Crippen molar-refractivity contribution in [3.63, 3.8) is 0 Å². The van der Waals surface area contributed by atoms with E-state index in [9.17, 15) is 4.79 Å². The van der Waals surface area contributed by atoms with E-state index in [0.717, 1.165) is 25.7 Å². The van der Waals surface area contributed by atoms with Crippen LogP contribution in [-0.2, 0) is 9.53 Å². The molecule has 0 saturated heterocycles. The SMILES string of the molecule is C=CCOC(=O)C1CCC(C=CCO)CC1. The van der Waals surface area contributed by atoms with Crippen molar-refractivity contribution >= 4 is 5.97 Å². The van der Waals surface area contributed by atoms with Crippen LogP contribution in [0.2, 0.25) is 0 Å². The Balaban J connectivity index is 2.28. The van der Waals surface area contributed by atoms with Gasteiger partial charge in [-0.25, -0.2) is 0 Å². The molecule has 0 radical (unpaired) electrons. The van der Waals surface area contributed by atoms with Crippen LogP contribution in [0.4, 0.5) is 0 Å². The van der Waals surface area contributed by atoms with Crippen molar-refractivity contribution in [3.05, 3.63) is 24.8 Å². The molecular weight excluding hydrogens is 204 g/mol. The molecule has 0 amide bonds. The molecule has 0 bridgehead atoms. The lowest BCUT2D eigenvalue weighted by molar-refractivity contribution is -0.148. The third-order valence-corrected chi connectivity index (χ3v) is 2.96. The molecule has 1 rings (SSSR count). The molecule has 0 aromatic carbocycles. The Kier molecular flexibility index (Phi) is 5.86. The minimum absolute atomic E-state index is 0.0544. The summed E-state index contributed by atoms with van der Waals surface area (Å²) in [5.41, 5.74) is 0. The smallest absolute Gasteiger partial charge is 0.309 e. The summed E-state index contributed by atoms with van der Waals surface area (Å²) in [6.45, 7) is 3.92. The average Bonchev–Trinajstić information content (AvgIpc) is 2.34. The quantitative estimate of drug-likeness (QED) is 0.574. The van der Waals surface area contributed by atoms with Crippen LogP contribution in [0.3, 0.4) is 0 Å². The molecule has 0 aliphatic heterocycles. The minimum Gasteiger partial charge on any atom is -0.461 e. The van der Waals surface area contributed by atoms with Crippen LogP contribution in [0.5, 0.6) is 0 Å². The highest BCUT2D eigenvalue weighted by atomic mass is 16.5. The summed E-state index contributed by atoms with van der Waals surface area (Å²) in [4.78, 5) is 11.5. The van der Waals surface area contributed by atoms with Gasteiger partial charge in [0.25, 0.3) is 0 Å². The maximum Gasteiger partial charge on any atom is 0.309 e. The first-order valence-corrected chi connectivity index (χ1v) is 5.83. The van der Waals surface area contributed by atoms with Crippen molar-refractivity contribution in [2.24, 2.45) is 11.8 Å². The van der Waals surface area contributed by atoms with Crippen molar-refractivity contribution in [2.75, 3.05) is 13.2 Å². The molecule has 0 aromatic heterocycles. The second kappa shape index (κ2) is 7.23. The molecule has 0 spiro atoms. The van der Waals surface area contributed by atoms with Crippen LogP contribution in [-0.4, -0.2) is 24.3 Å². The first kappa shape index (κ1) is 13.0. The van der Waals surface area contributed by atoms with Crippen LogP contribution in [0.15, 0.2) is 24.8 Å². The number of hydrogen-bond donors (Lipinski definition) is 1. The van der Waals surface area contributed by atoms with Crippen LogP contribution < -0.4 is 0 Å². The normalized spacial score (nSPS) is 25.6. The summed E-state index contributed by atoms with van der Waals surface area (Å²) in [5.74, 6) is 0.471. The third-order valence-electron chi connectivity index (χ3n) is 2.96. The molecule has 1 saturated carbocycles. The Morgan fingerprint density at radius 3 is 2.62 bits per heavy atom. The fraction of sp³-hybridized carbons (Fsp3) is 0.615. The van der Waals surface area contributed by atoms with Gasteiger partial charge in [0, 0.05) is 0 Å². The Hall–Kier alpha value is -1.09. The summed E-state index contributed by atoms with van der Waals surface area (Å²) in [6, 6.07) is 0. The molecule has 3 heteroatoms. The predicted octanol–water partition coefficient (Wildman–Crippen LogP) is 2.07. The highest BCUT2D eigenvalue weighted by molar-refractivity contribution is 5.72. The average molecular weight is 224 g/mol.